The van der Waals surface area contributed by atoms with Crippen LogP contribution in [-0.4, -0.2) is 40.3 Å². The monoisotopic (exact) mass is 396 g/mol. The Morgan fingerprint density at radius 1 is 0.923 bits per heavy atom. The number of hydrogen-bond acceptors (Lipinski definition) is 4. The molecule has 0 amide bonds. The van der Waals surface area contributed by atoms with Gasteiger partial charge in [-0.3, -0.25) is 0 Å². The lowest BCUT2D eigenvalue weighted by molar-refractivity contribution is 0.0503. The molecule has 1 N–H and O–H groups in total. The summed E-state index contributed by atoms with van der Waals surface area (Å²) in [5.74, 6) is -1.43. The third kappa shape index (κ3) is 8.29. The Hall–Kier alpha value is -1.45. The van der Waals surface area contributed by atoms with E-state index in [-0.39, 0.29) is 5.56 Å². The average molecular weight is 397 g/mol. The van der Waals surface area contributed by atoms with Crippen molar-refractivity contribution >= 4 is 28.6 Å². The molecule has 26 heavy (non-hydrogen) atoms. The minimum atomic E-state index is -1.75. The SMILES string of the molecule is CCCC[Si](C)(C)O[Si](C)(C)CCCOC(=O)c1ccc(C(=O)O)cc1. The topological polar surface area (TPSA) is 72.8 Å². The van der Waals surface area contributed by atoms with Gasteiger partial charge in [0.05, 0.1) is 17.7 Å². The van der Waals surface area contributed by atoms with E-state index in [0.29, 0.717) is 12.2 Å². The number of carbonyl (C=O) groups excluding carboxylic acids is 1. The Morgan fingerprint density at radius 3 is 1.92 bits per heavy atom. The molecule has 7 heteroatoms. The zero-order valence-corrected chi connectivity index (χ0v) is 18.6. The van der Waals surface area contributed by atoms with Crippen molar-refractivity contribution in [2.75, 3.05) is 6.61 Å². The molecule has 0 saturated heterocycles. The summed E-state index contributed by atoms with van der Waals surface area (Å²) in [6.45, 7) is 11.6. The Kier molecular flexibility index (Phi) is 8.72. The molecular weight excluding hydrogens is 364 g/mol. The minimum Gasteiger partial charge on any atom is -0.478 e. The minimum absolute atomic E-state index is 0.154. The van der Waals surface area contributed by atoms with Gasteiger partial charge in [0.15, 0.2) is 16.6 Å². The van der Waals surface area contributed by atoms with Crippen molar-refractivity contribution in [3.63, 3.8) is 0 Å². The predicted molar refractivity (Wildman–Crippen MR) is 109 cm³/mol. The quantitative estimate of drug-likeness (QED) is 0.318. The molecule has 1 aromatic carbocycles. The second-order valence-electron chi connectivity index (χ2n) is 7.85. The van der Waals surface area contributed by atoms with E-state index in [1.54, 1.807) is 0 Å². The van der Waals surface area contributed by atoms with E-state index in [2.05, 4.69) is 33.1 Å². The molecular formula is C19H32O5Si2. The van der Waals surface area contributed by atoms with Crippen LogP contribution >= 0.6 is 0 Å². The third-order valence-electron chi connectivity index (χ3n) is 4.21. The van der Waals surface area contributed by atoms with Crippen LogP contribution in [0.15, 0.2) is 24.3 Å². The fourth-order valence-corrected chi connectivity index (χ4v) is 11.9. The normalized spacial score (nSPS) is 12.0. The van der Waals surface area contributed by atoms with Gasteiger partial charge in [0.1, 0.15) is 0 Å². The summed E-state index contributed by atoms with van der Waals surface area (Å²) in [6.07, 6.45) is 3.21. The number of aromatic carboxylic acids is 1. The van der Waals surface area contributed by atoms with Crippen molar-refractivity contribution in [2.24, 2.45) is 0 Å². The molecule has 0 fully saturated rings. The predicted octanol–water partition coefficient (Wildman–Crippen LogP) is 5.16. The zero-order valence-electron chi connectivity index (χ0n) is 16.6. The first-order chi connectivity index (χ1) is 12.1. The van der Waals surface area contributed by atoms with Gasteiger partial charge >= 0.3 is 11.9 Å². The van der Waals surface area contributed by atoms with Crippen molar-refractivity contribution in [3.05, 3.63) is 35.4 Å². The molecule has 0 bridgehead atoms. The second kappa shape index (κ2) is 10.0. The smallest absolute Gasteiger partial charge is 0.338 e. The van der Waals surface area contributed by atoms with E-state index in [9.17, 15) is 9.59 Å². The fraction of sp³-hybridized carbons (Fsp3) is 0.579. The van der Waals surface area contributed by atoms with Gasteiger partial charge in [0, 0.05) is 0 Å². The Bertz CT molecular complexity index is 596. The zero-order chi connectivity index (χ0) is 19.8. The van der Waals surface area contributed by atoms with Crippen LogP contribution in [-0.2, 0) is 8.85 Å². The number of esters is 1. The summed E-state index contributed by atoms with van der Waals surface area (Å²) in [4.78, 5) is 22.8. The van der Waals surface area contributed by atoms with Gasteiger partial charge in [-0.15, -0.1) is 0 Å². The summed E-state index contributed by atoms with van der Waals surface area (Å²) >= 11 is 0. The van der Waals surface area contributed by atoms with Crippen LogP contribution in [0, 0.1) is 0 Å². The lowest BCUT2D eigenvalue weighted by Crippen LogP contribution is -2.44. The summed E-state index contributed by atoms with van der Waals surface area (Å²) in [5, 5.41) is 8.87. The molecule has 1 rings (SSSR count). The van der Waals surface area contributed by atoms with E-state index in [1.165, 1.54) is 43.2 Å². The molecule has 0 saturated carbocycles. The van der Waals surface area contributed by atoms with Crippen molar-refractivity contribution in [1.29, 1.82) is 0 Å². The van der Waals surface area contributed by atoms with Gasteiger partial charge in [-0.25, -0.2) is 9.59 Å². The molecule has 146 valence electrons. The molecule has 0 atom stereocenters. The van der Waals surface area contributed by atoms with Crippen molar-refractivity contribution < 1.29 is 23.5 Å². The molecule has 0 aliphatic carbocycles. The van der Waals surface area contributed by atoms with Crippen LogP contribution in [0.1, 0.15) is 46.9 Å². The van der Waals surface area contributed by atoms with E-state index in [1.807, 2.05) is 0 Å². The largest absolute Gasteiger partial charge is 0.478 e. The molecule has 0 radical (unpaired) electrons. The molecule has 0 spiro atoms. The highest BCUT2D eigenvalue weighted by Crippen LogP contribution is 2.24. The van der Waals surface area contributed by atoms with Gasteiger partial charge < -0.3 is 14.0 Å². The van der Waals surface area contributed by atoms with Crippen molar-refractivity contribution in [1.82, 2.24) is 0 Å². The number of rotatable bonds is 11. The fourth-order valence-electron chi connectivity index (χ4n) is 2.95. The Labute approximate surface area is 159 Å². The standard InChI is InChI=1S/C19H32O5Si2/c1-6-7-14-25(2,3)24-26(4,5)15-8-13-23-19(22)17-11-9-16(10-12-17)18(20)21/h9-12H,6-8,13-15H2,1-5H3,(H,20,21). The van der Waals surface area contributed by atoms with Crippen LogP contribution in [0.4, 0.5) is 0 Å². The number of benzene rings is 1. The lowest BCUT2D eigenvalue weighted by Gasteiger charge is -2.34. The molecule has 0 aliphatic heterocycles. The van der Waals surface area contributed by atoms with E-state index in [4.69, 9.17) is 14.0 Å². The van der Waals surface area contributed by atoms with Crippen LogP contribution < -0.4 is 0 Å². The Balaban J connectivity index is 2.40. The number of carboxylic acids is 1. The maximum absolute atomic E-state index is 12.0. The summed E-state index contributed by atoms with van der Waals surface area (Å²) in [7, 11) is -3.36. The highest BCUT2D eigenvalue weighted by molar-refractivity contribution is 6.84. The average Bonchev–Trinajstić information content (AvgIpc) is 2.56. The lowest BCUT2D eigenvalue weighted by atomic mass is 10.1. The van der Waals surface area contributed by atoms with E-state index >= 15 is 0 Å². The van der Waals surface area contributed by atoms with Crippen molar-refractivity contribution in [2.45, 2.75) is 64.5 Å². The van der Waals surface area contributed by atoms with Crippen LogP contribution in [0.25, 0.3) is 0 Å². The first kappa shape index (κ1) is 22.6. The number of carbonyl (C=O) groups is 2. The van der Waals surface area contributed by atoms with Crippen LogP contribution in [0.3, 0.4) is 0 Å². The Morgan fingerprint density at radius 2 is 1.42 bits per heavy atom. The number of unbranched alkanes of at least 4 members (excludes halogenated alkanes) is 1. The highest BCUT2D eigenvalue weighted by atomic mass is 28.4. The summed E-state index contributed by atoms with van der Waals surface area (Å²) < 4.78 is 11.8. The number of carboxylic acid groups (broad SMARTS) is 1. The van der Waals surface area contributed by atoms with Crippen LogP contribution in [0.2, 0.25) is 38.3 Å². The maximum atomic E-state index is 12.0. The molecule has 0 unspecified atom stereocenters. The molecule has 0 heterocycles. The molecule has 0 aliphatic rings. The summed E-state index contributed by atoms with van der Waals surface area (Å²) in [5.41, 5.74) is 0.525. The van der Waals surface area contributed by atoms with Crippen molar-refractivity contribution in [3.8, 4) is 0 Å². The van der Waals surface area contributed by atoms with E-state index < -0.39 is 28.6 Å². The third-order valence-corrected chi connectivity index (χ3v) is 11.7. The second-order valence-corrected chi connectivity index (χ2v) is 16.7. The van der Waals surface area contributed by atoms with E-state index in [0.717, 1.165) is 12.5 Å². The maximum Gasteiger partial charge on any atom is 0.338 e. The highest BCUT2D eigenvalue weighted by Gasteiger charge is 2.32. The van der Waals surface area contributed by atoms with Gasteiger partial charge in [0.25, 0.3) is 0 Å². The first-order valence-electron chi connectivity index (χ1n) is 9.27. The van der Waals surface area contributed by atoms with Gasteiger partial charge in [0.2, 0.25) is 0 Å². The summed E-state index contributed by atoms with van der Waals surface area (Å²) in [6, 6.07) is 7.94. The first-order valence-corrected chi connectivity index (χ1v) is 15.5. The van der Waals surface area contributed by atoms with Crippen LogP contribution in [0.5, 0.6) is 0 Å². The van der Waals surface area contributed by atoms with Gasteiger partial charge in [-0.05, 0) is 69.0 Å². The number of hydrogen-bond donors (Lipinski definition) is 1. The van der Waals surface area contributed by atoms with Gasteiger partial charge in [-0.2, -0.15) is 0 Å². The number of ether oxygens (including phenoxy) is 1. The van der Waals surface area contributed by atoms with Gasteiger partial charge in [-0.1, -0.05) is 19.8 Å². The molecule has 1 aromatic rings. The molecule has 0 aromatic heterocycles. The molecule has 5 nitrogen and oxygen atoms in total.